The highest BCUT2D eigenvalue weighted by atomic mass is 32.2. The van der Waals surface area contributed by atoms with E-state index < -0.39 is 34.4 Å². The maximum atomic E-state index is 13.2. The van der Waals surface area contributed by atoms with Crippen molar-refractivity contribution in [1.82, 2.24) is 14.0 Å². The normalized spacial score (nSPS) is 31.4. The Balaban J connectivity index is 1.26. The van der Waals surface area contributed by atoms with Crippen LogP contribution in [0, 0.1) is 11.8 Å². The number of rotatable bonds is 3. The molecule has 2 bridgehead atoms. The maximum absolute atomic E-state index is 13.2. The van der Waals surface area contributed by atoms with E-state index in [4.69, 9.17) is 0 Å². The van der Waals surface area contributed by atoms with Gasteiger partial charge in [0.05, 0.1) is 24.8 Å². The van der Waals surface area contributed by atoms with Gasteiger partial charge in [-0.1, -0.05) is 23.5 Å². The van der Waals surface area contributed by atoms with Gasteiger partial charge in [0.25, 0.3) is 16.1 Å². The van der Waals surface area contributed by atoms with Gasteiger partial charge < -0.3 is 4.90 Å². The predicted octanol–water partition coefficient (Wildman–Crippen LogP) is 3.84. The number of hydrogen-bond acceptors (Lipinski definition) is 5. The number of anilines is 1. The van der Waals surface area contributed by atoms with E-state index in [1.807, 2.05) is 18.2 Å². The van der Waals surface area contributed by atoms with Gasteiger partial charge >= 0.3 is 6.18 Å². The minimum Gasteiger partial charge on any atom is -0.350 e. The summed E-state index contributed by atoms with van der Waals surface area (Å²) in [5.74, 6) is -2.87. The molecule has 1 N–H and O–H groups in total. The Morgan fingerprint density at radius 1 is 1.09 bits per heavy atom. The number of hydrogen-bond donors (Lipinski definition) is 1. The van der Waals surface area contributed by atoms with Gasteiger partial charge in [0.15, 0.2) is 0 Å². The molecule has 2 saturated heterocycles. The Kier molecular flexibility index (Phi) is 5.11. The number of benzene rings is 1. The molecule has 3 heterocycles. The van der Waals surface area contributed by atoms with Crippen LogP contribution in [0.3, 0.4) is 0 Å². The van der Waals surface area contributed by atoms with Crippen LogP contribution < -0.4 is 9.62 Å². The zero-order valence-electron chi connectivity index (χ0n) is 18.5. The minimum absolute atomic E-state index is 0.0906. The van der Waals surface area contributed by atoms with Crippen LogP contribution in [0.25, 0.3) is 10.6 Å². The van der Waals surface area contributed by atoms with Crippen LogP contribution in [0.1, 0.15) is 24.0 Å². The number of nitrogens with zero attached hydrogens (tertiary/aromatic N) is 3. The molecule has 0 amide bonds. The second-order valence-electron chi connectivity index (χ2n) is 10.1. The molecule has 1 spiro atoms. The molecule has 1 aromatic carbocycles. The standard InChI is InChI=1S/C22H23F5N4O2S2/c23-20(24)9-30(10-20)18-8-28-19(34-18)14-2-1-13-6-16-3-4-17(7-15(13)5-14)21(16)11-31(12-22(25,26)27)35(32,33)29-21/h1-2,5,8,16-17,29H,3-4,6-7,9-12H2/t16-,17+,21-/m1/s1. The second kappa shape index (κ2) is 7.59. The molecule has 13 heteroatoms. The van der Waals surface area contributed by atoms with Crippen molar-refractivity contribution in [2.75, 3.05) is 31.1 Å². The Morgan fingerprint density at radius 2 is 1.77 bits per heavy atom. The Labute approximate surface area is 203 Å². The molecule has 190 valence electrons. The summed E-state index contributed by atoms with van der Waals surface area (Å²) in [6, 6.07) is 5.91. The van der Waals surface area contributed by atoms with E-state index in [1.54, 1.807) is 11.1 Å². The van der Waals surface area contributed by atoms with Crippen LogP contribution in [0.4, 0.5) is 27.0 Å². The average Bonchev–Trinajstić information content (AvgIpc) is 3.35. The van der Waals surface area contributed by atoms with Gasteiger partial charge in [0.2, 0.25) is 0 Å². The fraction of sp³-hybridized carbons (Fsp3) is 0.591. The monoisotopic (exact) mass is 534 g/mol. The molecule has 1 aromatic heterocycles. The van der Waals surface area contributed by atoms with Gasteiger partial charge in [0, 0.05) is 12.1 Å². The van der Waals surface area contributed by atoms with Crippen molar-refractivity contribution in [3.63, 3.8) is 0 Å². The zero-order chi connectivity index (χ0) is 24.8. The summed E-state index contributed by atoms with van der Waals surface area (Å²) in [5, 5.41) is 1.39. The Hall–Kier alpha value is -1.83. The molecule has 3 atom stereocenters. The molecule has 6 nitrogen and oxygen atoms in total. The van der Waals surface area contributed by atoms with Crippen LogP contribution in [-0.4, -0.2) is 61.5 Å². The van der Waals surface area contributed by atoms with E-state index in [0.29, 0.717) is 27.2 Å². The average molecular weight is 535 g/mol. The van der Waals surface area contributed by atoms with Crippen molar-refractivity contribution in [2.24, 2.45) is 11.8 Å². The van der Waals surface area contributed by atoms with Gasteiger partial charge in [-0.3, -0.25) is 0 Å². The summed E-state index contributed by atoms with van der Waals surface area (Å²) in [4.78, 5) is 6.01. The topological polar surface area (TPSA) is 65.5 Å². The highest BCUT2D eigenvalue weighted by Gasteiger charge is 2.60. The Morgan fingerprint density at radius 3 is 2.43 bits per heavy atom. The Bertz CT molecular complexity index is 1270. The molecule has 1 saturated carbocycles. The summed E-state index contributed by atoms with van der Waals surface area (Å²) in [5.41, 5.74) is 2.04. The summed E-state index contributed by atoms with van der Waals surface area (Å²) in [7, 11) is -4.22. The quantitative estimate of drug-likeness (QED) is 0.608. The first-order chi connectivity index (χ1) is 16.3. The number of alkyl halides is 5. The largest absolute Gasteiger partial charge is 0.402 e. The third-order valence-corrected chi connectivity index (χ3v) is 10.5. The van der Waals surface area contributed by atoms with Crippen molar-refractivity contribution in [3.8, 4) is 10.6 Å². The molecular weight excluding hydrogens is 511 g/mol. The van der Waals surface area contributed by atoms with Gasteiger partial charge in [-0.2, -0.15) is 30.6 Å². The highest BCUT2D eigenvalue weighted by Crippen LogP contribution is 2.51. The molecule has 0 unspecified atom stereocenters. The number of halogens is 5. The van der Waals surface area contributed by atoms with Crippen LogP contribution in [0.2, 0.25) is 0 Å². The first kappa shape index (κ1) is 23.6. The third-order valence-electron chi connectivity index (χ3n) is 7.81. The molecule has 2 aliphatic carbocycles. The lowest BCUT2D eigenvalue weighted by atomic mass is 9.79. The zero-order valence-corrected chi connectivity index (χ0v) is 20.1. The van der Waals surface area contributed by atoms with Gasteiger partial charge in [-0.25, -0.2) is 13.8 Å². The van der Waals surface area contributed by atoms with Crippen LogP contribution in [0.15, 0.2) is 24.4 Å². The molecule has 6 rings (SSSR count). The maximum Gasteiger partial charge on any atom is 0.402 e. The molecule has 4 aliphatic rings. The highest BCUT2D eigenvalue weighted by molar-refractivity contribution is 7.87. The van der Waals surface area contributed by atoms with E-state index >= 15 is 0 Å². The van der Waals surface area contributed by atoms with E-state index in [1.165, 1.54) is 11.3 Å². The lowest BCUT2D eigenvalue weighted by Crippen LogP contribution is -2.56. The molecular formula is C22H23F5N4O2S2. The van der Waals surface area contributed by atoms with Crippen LogP contribution in [0.5, 0.6) is 0 Å². The first-order valence-electron chi connectivity index (χ1n) is 11.4. The van der Waals surface area contributed by atoms with E-state index in [2.05, 4.69) is 9.71 Å². The third kappa shape index (κ3) is 4.04. The van der Waals surface area contributed by atoms with Crippen molar-refractivity contribution in [2.45, 2.75) is 43.3 Å². The van der Waals surface area contributed by atoms with Crippen LogP contribution >= 0.6 is 11.3 Å². The predicted molar refractivity (Wildman–Crippen MR) is 121 cm³/mol. The van der Waals surface area contributed by atoms with Crippen molar-refractivity contribution in [3.05, 3.63) is 35.5 Å². The lowest BCUT2D eigenvalue weighted by molar-refractivity contribution is -0.136. The first-order valence-corrected chi connectivity index (χ1v) is 13.7. The molecule has 3 fully saturated rings. The summed E-state index contributed by atoms with van der Waals surface area (Å²) < 4.78 is 94.1. The van der Waals surface area contributed by atoms with Crippen molar-refractivity contribution in [1.29, 1.82) is 0 Å². The molecule has 2 aliphatic heterocycles. The van der Waals surface area contributed by atoms with Gasteiger partial charge in [0.1, 0.15) is 16.6 Å². The second-order valence-corrected chi connectivity index (χ2v) is 12.8. The fourth-order valence-corrected chi connectivity index (χ4v) is 8.81. The SMILES string of the molecule is O=S1(=O)N[C@]2(CN1CC(F)(F)F)[C@@H]1CC[C@H]2Cc2cc(-c3ncc(N4CC(F)(F)C4)s3)ccc2C1. The fourth-order valence-electron chi connectivity index (χ4n) is 6.19. The summed E-state index contributed by atoms with van der Waals surface area (Å²) in [6.45, 7) is -2.30. The number of aromatic nitrogens is 1. The van der Waals surface area contributed by atoms with E-state index in [9.17, 15) is 30.4 Å². The van der Waals surface area contributed by atoms with Crippen molar-refractivity contribution < 1.29 is 30.4 Å². The van der Waals surface area contributed by atoms with E-state index in [0.717, 1.165) is 29.5 Å². The van der Waals surface area contributed by atoms with Gasteiger partial charge in [-0.05, 0) is 54.7 Å². The number of thiazole rings is 1. The summed E-state index contributed by atoms with van der Waals surface area (Å²) in [6.07, 6.45) is -0.383. The smallest absolute Gasteiger partial charge is 0.350 e. The number of nitrogens with one attached hydrogen (secondary N) is 1. The van der Waals surface area contributed by atoms with Crippen molar-refractivity contribution >= 4 is 26.5 Å². The number of fused-ring (bicyclic) bond motifs is 1. The van der Waals surface area contributed by atoms with Crippen LogP contribution in [-0.2, 0) is 23.1 Å². The lowest BCUT2D eigenvalue weighted by Gasteiger charge is -2.39. The van der Waals surface area contributed by atoms with E-state index in [-0.39, 0.29) is 31.5 Å². The minimum atomic E-state index is -4.61. The molecule has 35 heavy (non-hydrogen) atoms. The van der Waals surface area contributed by atoms with Gasteiger partial charge in [-0.15, -0.1) is 0 Å². The summed E-state index contributed by atoms with van der Waals surface area (Å²) >= 11 is 1.34. The molecule has 2 aromatic rings. The molecule has 0 radical (unpaired) electrons.